The maximum absolute atomic E-state index is 11.2. The molecule has 3 rings (SSSR count). The van der Waals surface area contributed by atoms with Crippen molar-refractivity contribution in [1.29, 1.82) is 0 Å². The first-order valence-electron chi connectivity index (χ1n) is 7.97. The van der Waals surface area contributed by atoms with Crippen LogP contribution in [0, 0.1) is 0 Å². The van der Waals surface area contributed by atoms with Gasteiger partial charge in [0.05, 0.1) is 17.3 Å². The van der Waals surface area contributed by atoms with Crippen molar-refractivity contribution >= 4 is 26.7 Å². The first-order chi connectivity index (χ1) is 11.5. The topological polar surface area (TPSA) is 64.0 Å². The van der Waals surface area contributed by atoms with Gasteiger partial charge in [-0.3, -0.25) is 4.72 Å². The minimum atomic E-state index is -3.23. The highest BCUT2D eigenvalue weighted by Gasteiger charge is 2.09. The van der Waals surface area contributed by atoms with Crippen molar-refractivity contribution in [2.75, 3.05) is 11.0 Å². The second kappa shape index (κ2) is 6.65. The Morgan fingerprint density at radius 2 is 1.75 bits per heavy atom. The molecule has 0 saturated carbocycles. The van der Waals surface area contributed by atoms with Gasteiger partial charge in [-0.25, -0.2) is 13.4 Å². The summed E-state index contributed by atoms with van der Waals surface area (Å²) in [4.78, 5) is 4.74. The number of hydrogen-bond acceptors (Lipinski definition) is 3. The molecule has 1 heterocycles. The summed E-state index contributed by atoms with van der Waals surface area (Å²) in [5.74, 6) is 1.08. The lowest BCUT2D eigenvalue weighted by molar-refractivity contribution is 0.607. The van der Waals surface area contributed by atoms with E-state index in [9.17, 15) is 8.42 Å². The first kappa shape index (κ1) is 16.5. The Morgan fingerprint density at radius 3 is 2.42 bits per heavy atom. The van der Waals surface area contributed by atoms with Gasteiger partial charge >= 0.3 is 0 Å². The van der Waals surface area contributed by atoms with Crippen LogP contribution in [0.2, 0.25) is 0 Å². The van der Waals surface area contributed by atoms with Crippen LogP contribution in [-0.4, -0.2) is 24.2 Å². The van der Waals surface area contributed by atoms with E-state index in [-0.39, 0.29) is 0 Å². The van der Waals surface area contributed by atoms with E-state index in [1.807, 2.05) is 30.3 Å². The number of aryl methyl sites for hydroxylation is 3. The van der Waals surface area contributed by atoms with E-state index in [1.165, 1.54) is 5.52 Å². The molecule has 5 nitrogen and oxygen atoms in total. The standard InChI is InChI=1S/C18H21N3O2S/c1-3-21-17-7-5-4-6-16(17)19-18(21)13-10-14-8-11-15(12-9-14)20-24(2,22)23/h4-9,11-12,20H,3,10,13H2,1-2H3. The van der Waals surface area contributed by atoms with E-state index < -0.39 is 10.0 Å². The summed E-state index contributed by atoms with van der Waals surface area (Å²) in [6.07, 6.45) is 2.86. The zero-order chi connectivity index (χ0) is 17.2. The van der Waals surface area contributed by atoms with Gasteiger partial charge in [0.2, 0.25) is 10.0 Å². The second-order valence-electron chi connectivity index (χ2n) is 5.83. The molecule has 0 spiro atoms. The predicted octanol–water partition coefficient (Wildman–Crippen LogP) is 3.21. The summed E-state index contributed by atoms with van der Waals surface area (Å²) < 4.78 is 27.2. The van der Waals surface area contributed by atoms with Gasteiger partial charge in [-0.05, 0) is 43.2 Å². The SMILES string of the molecule is CCn1c(CCc2ccc(NS(C)(=O)=O)cc2)nc2ccccc21. The van der Waals surface area contributed by atoms with Crippen LogP contribution >= 0.6 is 0 Å². The summed E-state index contributed by atoms with van der Waals surface area (Å²) in [6, 6.07) is 15.7. The molecule has 24 heavy (non-hydrogen) atoms. The lowest BCUT2D eigenvalue weighted by Gasteiger charge is -2.07. The van der Waals surface area contributed by atoms with Crippen LogP contribution < -0.4 is 4.72 Å². The summed E-state index contributed by atoms with van der Waals surface area (Å²) in [5.41, 5.74) is 3.94. The molecule has 0 saturated heterocycles. The third-order valence-electron chi connectivity index (χ3n) is 3.94. The molecule has 2 aromatic carbocycles. The fourth-order valence-electron chi connectivity index (χ4n) is 2.88. The van der Waals surface area contributed by atoms with Crippen LogP contribution in [0.5, 0.6) is 0 Å². The highest BCUT2D eigenvalue weighted by Crippen LogP contribution is 2.18. The fraction of sp³-hybridized carbons (Fsp3) is 0.278. The van der Waals surface area contributed by atoms with E-state index in [2.05, 4.69) is 22.3 Å². The molecule has 0 fully saturated rings. The molecule has 0 bridgehead atoms. The quantitative estimate of drug-likeness (QED) is 0.747. The van der Waals surface area contributed by atoms with Crippen LogP contribution in [0.1, 0.15) is 18.3 Å². The lowest BCUT2D eigenvalue weighted by atomic mass is 10.1. The lowest BCUT2D eigenvalue weighted by Crippen LogP contribution is -2.09. The van der Waals surface area contributed by atoms with Gasteiger partial charge in [0.1, 0.15) is 5.82 Å². The molecule has 0 amide bonds. The van der Waals surface area contributed by atoms with Crippen LogP contribution in [0.3, 0.4) is 0 Å². The van der Waals surface area contributed by atoms with Crippen LogP contribution in [0.4, 0.5) is 5.69 Å². The Labute approximate surface area is 142 Å². The van der Waals surface area contributed by atoms with Gasteiger partial charge in [-0.1, -0.05) is 24.3 Å². The van der Waals surface area contributed by atoms with Crippen molar-refractivity contribution in [3.63, 3.8) is 0 Å². The minimum absolute atomic E-state index is 0.585. The Morgan fingerprint density at radius 1 is 1.04 bits per heavy atom. The third-order valence-corrected chi connectivity index (χ3v) is 4.55. The van der Waals surface area contributed by atoms with Gasteiger partial charge in [-0.2, -0.15) is 0 Å². The predicted molar refractivity (Wildman–Crippen MR) is 97.7 cm³/mol. The van der Waals surface area contributed by atoms with E-state index in [1.54, 1.807) is 12.1 Å². The van der Waals surface area contributed by atoms with Gasteiger partial charge in [0, 0.05) is 18.7 Å². The first-order valence-corrected chi connectivity index (χ1v) is 9.86. The molecule has 0 aliphatic heterocycles. The molecule has 1 N–H and O–H groups in total. The smallest absolute Gasteiger partial charge is 0.229 e. The van der Waals surface area contributed by atoms with Crippen molar-refractivity contribution in [1.82, 2.24) is 9.55 Å². The number of sulfonamides is 1. The normalized spacial score (nSPS) is 11.8. The molecule has 0 aliphatic carbocycles. The number of nitrogens with one attached hydrogen (secondary N) is 1. The van der Waals surface area contributed by atoms with Gasteiger partial charge < -0.3 is 4.57 Å². The summed E-state index contributed by atoms with van der Waals surface area (Å²) >= 11 is 0. The number of fused-ring (bicyclic) bond motifs is 1. The van der Waals surface area contributed by atoms with E-state index in [4.69, 9.17) is 4.98 Å². The zero-order valence-corrected chi connectivity index (χ0v) is 14.7. The maximum atomic E-state index is 11.2. The molecule has 0 atom stereocenters. The van der Waals surface area contributed by atoms with E-state index in [0.29, 0.717) is 5.69 Å². The Hall–Kier alpha value is -2.34. The van der Waals surface area contributed by atoms with Crippen molar-refractivity contribution in [3.05, 3.63) is 59.9 Å². The molecule has 0 aliphatic rings. The highest BCUT2D eigenvalue weighted by molar-refractivity contribution is 7.92. The van der Waals surface area contributed by atoms with Gasteiger partial charge in [0.15, 0.2) is 0 Å². The van der Waals surface area contributed by atoms with Crippen LogP contribution in [0.15, 0.2) is 48.5 Å². The van der Waals surface area contributed by atoms with E-state index in [0.717, 1.165) is 42.5 Å². The molecule has 1 aromatic heterocycles. The van der Waals surface area contributed by atoms with Crippen molar-refractivity contribution in [2.24, 2.45) is 0 Å². The minimum Gasteiger partial charge on any atom is -0.328 e. The monoisotopic (exact) mass is 343 g/mol. The third kappa shape index (κ3) is 3.76. The number of anilines is 1. The second-order valence-corrected chi connectivity index (χ2v) is 7.58. The Balaban J connectivity index is 1.74. The summed E-state index contributed by atoms with van der Waals surface area (Å²) in [5, 5.41) is 0. The number of para-hydroxylation sites is 2. The van der Waals surface area contributed by atoms with Crippen molar-refractivity contribution in [3.8, 4) is 0 Å². The maximum Gasteiger partial charge on any atom is 0.229 e. The fourth-order valence-corrected chi connectivity index (χ4v) is 3.44. The van der Waals surface area contributed by atoms with Gasteiger partial charge in [0.25, 0.3) is 0 Å². The highest BCUT2D eigenvalue weighted by atomic mass is 32.2. The molecule has 0 radical (unpaired) electrons. The molecular formula is C18H21N3O2S. The van der Waals surface area contributed by atoms with Crippen LogP contribution in [-0.2, 0) is 29.4 Å². The zero-order valence-electron chi connectivity index (χ0n) is 13.9. The average molecular weight is 343 g/mol. The largest absolute Gasteiger partial charge is 0.328 e. The Bertz CT molecular complexity index is 944. The number of imidazole rings is 1. The molecule has 126 valence electrons. The number of nitrogens with zero attached hydrogens (tertiary/aromatic N) is 2. The number of benzene rings is 2. The molecule has 6 heteroatoms. The number of aromatic nitrogens is 2. The molecule has 0 unspecified atom stereocenters. The van der Waals surface area contributed by atoms with Crippen molar-refractivity contribution in [2.45, 2.75) is 26.3 Å². The molecular weight excluding hydrogens is 322 g/mol. The van der Waals surface area contributed by atoms with Crippen molar-refractivity contribution < 1.29 is 8.42 Å². The summed E-state index contributed by atoms with van der Waals surface area (Å²) in [6.45, 7) is 3.02. The average Bonchev–Trinajstić information content (AvgIpc) is 2.90. The van der Waals surface area contributed by atoms with Crippen LogP contribution in [0.25, 0.3) is 11.0 Å². The summed E-state index contributed by atoms with van der Waals surface area (Å²) in [7, 11) is -3.23. The van der Waals surface area contributed by atoms with E-state index >= 15 is 0 Å². The van der Waals surface area contributed by atoms with Gasteiger partial charge in [-0.15, -0.1) is 0 Å². The molecule has 3 aromatic rings. The Kier molecular flexibility index (Phi) is 4.57. The number of hydrogen-bond donors (Lipinski definition) is 1. The number of rotatable bonds is 6.